The van der Waals surface area contributed by atoms with E-state index in [0.717, 1.165) is 11.1 Å². The Labute approximate surface area is 163 Å². The molecule has 0 spiro atoms. The summed E-state index contributed by atoms with van der Waals surface area (Å²) in [7, 11) is 0. The molecule has 140 valence electrons. The lowest BCUT2D eigenvalue weighted by Gasteiger charge is -2.07. The molecule has 0 saturated carbocycles. The molecule has 0 bridgehead atoms. The number of rotatable bonds is 9. The van der Waals surface area contributed by atoms with Gasteiger partial charge in [-0.2, -0.15) is 0 Å². The van der Waals surface area contributed by atoms with Gasteiger partial charge in [0.15, 0.2) is 0 Å². The highest BCUT2D eigenvalue weighted by atomic mass is 19.1. The highest BCUT2D eigenvalue weighted by Gasteiger charge is 2.02. The fourth-order valence-electron chi connectivity index (χ4n) is 3.47. The Morgan fingerprint density at radius 3 is 1.44 bits per heavy atom. The summed E-state index contributed by atoms with van der Waals surface area (Å²) in [5.74, 6) is -0.198. The molecular formula is C26H29F. The summed E-state index contributed by atoms with van der Waals surface area (Å²) < 4.78 is 13.1. The van der Waals surface area contributed by atoms with Crippen LogP contribution in [0, 0.1) is 5.82 Å². The lowest BCUT2D eigenvalue weighted by atomic mass is 9.98. The van der Waals surface area contributed by atoms with Crippen molar-refractivity contribution in [3.8, 4) is 22.3 Å². The van der Waals surface area contributed by atoms with Crippen LogP contribution in [0.3, 0.4) is 0 Å². The van der Waals surface area contributed by atoms with Crippen molar-refractivity contribution in [3.63, 3.8) is 0 Å². The summed E-state index contributed by atoms with van der Waals surface area (Å²) in [5.41, 5.74) is 6.03. The zero-order valence-electron chi connectivity index (χ0n) is 16.3. The number of aryl methyl sites for hydroxylation is 1. The summed E-state index contributed by atoms with van der Waals surface area (Å²) in [4.78, 5) is 0. The molecule has 3 aromatic carbocycles. The lowest BCUT2D eigenvalue weighted by molar-refractivity contribution is 0.607. The number of unbranched alkanes of at least 4 members (excludes halogenated alkanes) is 5. The molecular weight excluding hydrogens is 331 g/mol. The minimum absolute atomic E-state index is 0.198. The van der Waals surface area contributed by atoms with E-state index in [2.05, 4.69) is 55.5 Å². The maximum atomic E-state index is 13.1. The molecule has 0 saturated heterocycles. The molecule has 3 rings (SSSR count). The molecule has 0 N–H and O–H groups in total. The molecule has 0 aromatic heterocycles. The fourth-order valence-corrected chi connectivity index (χ4v) is 3.47. The summed E-state index contributed by atoms with van der Waals surface area (Å²) in [6.45, 7) is 2.26. The van der Waals surface area contributed by atoms with Crippen molar-refractivity contribution in [1.29, 1.82) is 0 Å². The smallest absolute Gasteiger partial charge is 0.123 e. The first-order valence-electron chi connectivity index (χ1n) is 10.2. The summed E-state index contributed by atoms with van der Waals surface area (Å²) >= 11 is 0. The molecule has 1 heteroatoms. The SMILES string of the molecule is CCCCCCCCc1ccc(-c2ccc(-c3ccc(F)cc3)cc2)cc1. The molecule has 0 amide bonds. The minimum atomic E-state index is -0.198. The predicted octanol–water partition coefficient (Wildman–Crippen LogP) is 8.06. The topological polar surface area (TPSA) is 0 Å². The second-order valence-electron chi connectivity index (χ2n) is 7.30. The van der Waals surface area contributed by atoms with Crippen LogP contribution in [-0.4, -0.2) is 0 Å². The van der Waals surface area contributed by atoms with Gasteiger partial charge < -0.3 is 0 Å². The first kappa shape index (κ1) is 19.4. The van der Waals surface area contributed by atoms with Crippen molar-refractivity contribution >= 4 is 0 Å². The van der Waals surface area contributed by atoms with E-state index in [0.29, 0.717) is 0 Å². The van der Waals surface area contributed by atoms with Crippen LogP contribution in [0.5, 0.6) is 0 Å². The van der Waals surface area contributed by atoms with E-state index in [1.54, 1.807) is 0 Å². The first-order chi connectivity index (χ1) is 13.3. The van der Waals surface area contributed by atoms with Crippen molar-refractivity contribution in [1.82, 2.24) is 0 Å². The van der Waals surface area contributed by atoms with Gasteiger partial charge in [0.2, 0.25) is 0 Å². The Balaban J connectivity index is 1.56. The van der Waals surface area contributed by atoms with Crippen molar-refractivity contribution in [2.24, 2.45) is 0 Å². The second kappa shape index (κ2) is 10.1. The molecule has 0 nitrogen and oxygen atoms in total. The van der Waals surface area contributed by atoms with Gasteiger partial charge in [-0.3, -0.25) is 0 Å². The Morgan fingerprint density at radius 1 is 0.519 bits per heavy atom. The highest BCUT2D eigenvalue weighted by Crippen LogP contribution is 2.25. The van der Waals surface area contributed by atoms with Crippen LogP contribution in [0.2, 0.25) is 0 Å². The van der Waals surface area contributed by atoms with Crippen LogP contribution in [0.4, 0.5) is 4.39 Å². The van der Waals surface area contributed by atoms with E-state index in [-0.39, 0.29) is 5.82 Å². The molecule has 0 aliphatic heterocycles. The molecule has 0 aliphatic carbocycles. The third-order valence-electron chi connectivity index (χ3n) is 5.17. The van der Waals surface area contributed by atoms with Crippen LogP contribution in [-0.2, 0) is 6.42 Å². The van der Waals surface area contributed by atoms with Gasteiger partial charge >= 0.3 is 0 Å². The van der Waals surface area contributed by atoms with E-state index < -0.39 is 0 Å². The van der Waals surface area contributed by atoms with E-state index >= 15 is 0 Å². The number of halogens is 1. The van der Waals surface area contributed by atoms with Gasteiger partial charge in [-0.15, -0.1) is 0 Å². The van der Waals surface area contributed by atoms with Crippen LogP contribution in [0.15, 0.2) is 72.8 Å². The Bertz CT molecular complexity index is 798. The van der Waals surface area contributed by atoms with Crippen molar-refractivity contribution < 1.29 is 4.39 Å². The summed E-state index contributed by atoms with van der Waals surface area (Å²) in [5, 5.41) is 0. The fraction of sp³-hybridized carbons (Fsp3) is 0.308. The van der Waals surface area contributed by atoms with Gasteiger partial charge in [-0.1, -0.05) is 99.7 Å². The zero-order valence-corrected chi connectivity index (χ0v) is 16.3. The molecule has 27 heavy (non-hydrogen) atoms. The van der Waals surface area contributed by atoms with Crippen LogP contribution >= 0.6 is 0 Å². The largest absolute Gasteiger partial charge is 0.207 e. The third kappa shape index (κ3) is 5.79. The number of hydrogen-bond acceptors (Lipinski definition) is 0. The second-order valence-corrected chi connectivity index (χ2v) is 7.30. The standard InChI is InChI=1S/C26H29F/c1-2-3-4-5-6-7-8-21-9-11-22(12-10-21)23-13-15-24(16-14-23)25-17-19-26(27)20-18-25/h9-20H,2-8H2,1H3. The maximum Gasteiger partial charge on any atom is 0.123 e. The van der Waals surface area contributed by atoms with Gasteiger partial charge in [-0.05, 0) is 52.8 Å². The average Bonchev–Trinajstić information content (AvgIpc) is 2.72. The van der Waals surface area contributed by atoms with Crippen LogP contribution in [0.1, 0.15) is 51.0 Å². The molecule has 0 radical (unpaired) electrons. The van der Waals surface area contributed by atoms with Crippen molar-refractivity contribution in [3.05, 3.63) is 84.2 Å². The normalized spacial score (nSPS) is 10.9. The van der Waals surface area contributed by atoms with Gasteiger partial charge in [0.1, 0.15) is 5.82 Å². The van der Waals surface area contributed by atoms with Gasteiger partial charge in [-0.25, -0.2) is 4.39 Å². The van der Waals surface area contributed by atoms with Crippen molar-refractivity contribution in [2.75, 3.05) is 0 Å². The van der Waals surface area contributed by atoms with Gasteiger partial charge in [0.05, 0.1) is 0 Å². The zero-order chi connectivity index (χ0) is 18.9. The summed E-state index contributed by atoms with van der Waals surface area (Å²) in [6.07, 6.45) is 9.23. The maximum absolute atomic E-state index is 13.1. The van der Waals surface area contributed by atoms with Crippen LogP contribution < -0.4 is 0 Å². The molecule has 3 aromatic rings. The summed E-state index contributed by atoms with van der Waals surface area (Å²) in [6, 6.07) is 24.1. The quantitative estimate of drug-likeness (QED) is 0.338. The minimum Gasteiger partial charge on any atom is -0.207 e. The van der Waals surface area contributed by atoms with E-state index in [1.165, 1.54) is 73.8 Å². The Kier molecular flexibility index (Phi) is 7.21. The number of hydrogen-bond donors (Lipinski definition) is 0. The average molecular weight is 361 g/mol. The molecule has 0 unspecified atom stereocenters. The molecule has 0 aliphatic rings. The van der Waals surface area contributed by atoms with E-state index in [9.17, 15) is 4.39 Å². The molecule has 0 fully saturated rings. The monoisotopic (exact) mass is 360 g/mol. The van der Waals surface area contributed by atoms with Gasteiger partial charge in [0, 0.05) is 0 Å². The van der Waals surface area contributed by atoms with Gasteiger partial charge in [0.25, 0.3) is 0 Å². The highest BCUT2D eigenvalue weighted by molar-refractivity contribution is 5.70. The third-order valence-corrected chi connectivity index (χ3v) is 5.17. The number of benzene rings is 3. The Hall–Kier alpha value is -2.41. The molecule has 0 heterocycles. The lowest BCUT2D eigenvalue weighted by Crippen LogP contribution is -1.87. The van der Waals surface area contributed by atoms with E-state index in [1.807, 2.05) is 12.1 Å². The predicted molar refractivity (Wildman–Crippen MR) is 114 cm³/mol. The van der Waals surface area contributed by atoms with E-state index in [4.69, 9.17) is 0 Å². The van der Waals surface area contributed by atoms with Crippen molar-refractivity contribution in [2.45, 2.75) is 51.9 Å². The molecule has 0 atom stereocenters. The first-order valence-corrected chi connectivity index (χ1v) is 10.2. The Morgan fingerprint density at radius 2 is 0.926 bits per heavy atom. The van der Waals surface area contributed by atoms with Crippen LogP contribution in [0.25, 0.3) is 22.3 Å².